The van der Waals surface area contributed by atoms with Crippen LogP contribution in [0.5, 0.6) is 5.75 Å². The molecule has 0 saturated heterocycles. The molecule has 1 aromatic carbocycles. The third-order valence-electron chi connectivity index (χ3n) is 6.43. The molecule has 0 aromatic heterocycles. The van der Waals surface area contributed by atoms with E-state index in [-0.39, 0.29) is 5.97 Å². The molecule has 144 valence electrons. The zero-order chi connectivity index (χ0) is 18.7. The molecule has 4 rings (SSSR count). The first-order valence-electron chi connectivity index (χ1n) is 9.61. The van der Waals surface area contributed by atoms with Gasteiger partial charge in [0, 0.05) is 11.4 Å². The zero-order valence-corrected chi connectivity index (χ0v) is 17.1. The van der Waals surface area contributed by atoms with Crippen LogP contribution in [-0.4, -0.2) is 19.2 Å². The summed E-state index contributed by atoms with van der Waals surface area (Å²) in [6.07, 6.45) is 5.99. The Hall–Kier alpha value is -0.930. The number of esters is 1. The van der Waals surface area contributed by atoms with Crippen LogP contribution in [-0.2, 0) is 9.53 Å². The second-order valence-electron chi connectivity index (χ2n) is 8.23. The van der Waals surface area contributed by atoms with Crippen molar-refractivity contribution in [3.63, 3.8) is 0 Å². The molecule has 0 N–H and O–H groups in total. The molecule has 3 aliphatic rings. The normalized spacial score (nSPS) is 26.1. The van der Waals surface area contributed by atoms with Crippen LogP contribution in [0.25, 0.3) is 0 Å². The maximum atomic E-state index is 11.9. The van der Waals surface area contributed by atoms with Crippen LogP contribution in [0, 0.1) is 23.2 Å². The number of benzene rings is 1. The van der Waals surface area contributed by atoms with E-state index >= 15 is 0 Å². The van der Waals surface area contributed by atoms with E-state index in [0.717, 1.165) is 24.2 Å². The van der Waals surface area contributed by atoms with Gasteiger partial charge < -0.3 is 9.47 Å². The lowest BCUT2D eigenvalue weighted by atomic mass is 9.45. The predicted octanol–water partition coefficient (Wildman–Crippen LogP) is 6.16. The van der Waals surface area contributed by atoms with E-state index < -0.39 is 0 Å². The highest BCUT2D eigenvalue weighted by Crippen LogP contribution is 2.61. The van der Waals surface area contributed by atoms with Crippen LogP contribution in [0.2, 0.25) is 10.0 Å². The number of fused-ring (bicyclic) bond motifs is 2. The highest BCUT2D eigenvalue weighted by atomic mass is 35.5. The zero-order valence-electron chi connectivity index (χ0n) is 15.6. The lowest BCUT2D eigenvalue weighted by Crippen LogP contribution is -2.52. The van der Waals surface area contributed by atoms with Crippen LogP contribution in [0.4, 0.5) is 0 Å². The summed E-state index contributed by atoms with van der Waals surface area (Å²) in [6, 6.07) is 5.11. The van der Waals surface area contributed by atoms with Gasteiger partial charge in [-0.05, 0) is 73.5 Å². The standard InChI is InChI=1S/C21H28Cl2O3/c1-21(2)15-6-5-14(17(21)12-15)9-11-26-20(24)4-3-10-25-19-8-7-16(22)13-18(19)23/h7-8,13-15,17H,3-6,9-12H2,1-2H3/t14-,15-,17+/m1/s1. The smallest absolute Gasteiger partial charge is 0.305 e. The molecule has 3 atom stereocenters. The lowest BCUT2D eigenvalue weighted by molar-refractivity contribution is -0.146. The Morgan fingerprint density at radius 1 is 1.23 bits per heavy atom. The molecule has 1 aromatic rings. The molecule has 0 unspecified atom stereocenters. The molecule has 26 heavy (non-hydrogen) atoms. The van der Waals surface area contributed by atoms with Gasteiger partial charge in [-0.25, -0.2) is 0 Å². The van der Waals surface area contributed by atoms with E-state index in [2.05, 4.69) is 13.8 Å². The number of ether oxygens (including phenoxy) is 2. The Morgan fingerprint density at radius 2 is 2.04 bits per heavy atom. The topological polar surface area (TPSA) is 35.5 Å². The number of carbonyl (C=O) groups is 1. The van der Waals surface area contributed by atoms with Crippen molar-refractivity contribution < 1.29 is 14.3 Å². The summed E-state index contributed by atoms with van der Waals surface area (Å²) in [7, 11) is 0. The monoisotopic (exact) mass is 398 g/mol. The van der Waals surface area contributed by atoms with Crippen molar-refractivity contribution in [2.45, 2.75) is 52.4 Å². The van der Waals surface area contributed by atoms with Crippen molar-refractivity contribution in [1.29, 1.82) is 0 Å². The number of hydrogen-bond acceptors (Lipinski definition) is 3. The molecule has 0 amide bonds. The lowest BCUT2D eigenvalue weighted by Gasteiger charge is -2.60. The Morgan fingerprint density at radius 3 is 2.73 bits per heavy atom. The third-order valence-corrected chi connectivity index (χ3v) is 6.96. The summed E-state index contributed by atoms with van der Waals surface area (Å²) in [5.74, 6) is 2.90. The summed E-state index contributed by atoms with van der Waals surface area (Å²) in [4.78, 5) is 11.9. The van der Waals surface area contributed by atoms with Gasteiger partial charge in [-0.15, -0.1) is 0 Å². The molecule has 0 heterocycles. The van der Waals surface area contributed by atoms with Gasteiger partial charge in [0.25, 0.3) is 0 Å². The average Bonchev–Trinajstić information content (AvgIpc) is 2.60. The van der Waals surface area contributed by atoms with Gasteiger partial charge in [-0.2, -0.15) is 0 Å². The van der Waals surface area contributed by atoms with Crippen LogP contribution >= 0.6 is 23.2 Å². The molecule has 3 fully saturated rings. The van der Waals surface area contributed by atoms with Gasteiger partial charge in [0.05, 0.1) is 18.2 Å². The highest BCUT2D eigenvalue weighted by molar-refractivity contribution is 6.35. The molecule has 3 nitrogen and oxygen atoms in total. The second kappa shape index (κ2) is 8.39. The van der Waals surface area contributed by atoms with Crippen molar-refractivity contribution >= 4 is 29.2 Å². The fourth-order valence-electron chi connectivity index (χ4n) is 4.70. The fourth-order valence-corrected chi connectivity index (χ4v) is 5.16. The van der Waals surface area contributed by atoms with E-state index in [1.54, 1.807) is 18.2 Å². The summed E-state index contributed by atoms with van der Waals surface area (Å²) < 4.78 is 11.0. The Bertz CT molecular complexity index is 642. The summed E-state index contributed by atoms with van der Waals surface area (Å²) >= 11 is 11.9. The van der Waals surface area contributed by atoms with Crippen molar-refractivity contribution in [3.05, 3.63) is 28.2 Å². The largest absolute Gasteiger partial charge is 0.492 e. The average molecular weight is 399 g/mol. The minimum Gasteiger partial charge on any atom is -0.492 e. The highest BCUT2D eigenvalue weighted by Gasteiger charge is 2.53. The van der Waals surface area contributed by atoms with Crippen LogP contribution < -0.4 is 4.74 Å². The first-order valence-corrected chi connectivity index (χ1v) is 10.4. The number of halogens is 2. The van der Waals surface area contributed by atoms with Crippen molar-refractivity contribution in [1.82, 2.24) is 0 Å². The van der Waals surface area contributed by atoms with Crippen LogP contribution in [0.1, 0.15) is 52.4 Å². The molecule has 0 aliphatic heterocycles. The Balaban J connectivity index is 1.29. The van der Waals surface area contributed by atoms with Crippen molar-refractivity contribution in [3.8, 4) is 5.75 Å². The maximum Gasteiger partial charge on any atom is 0.305 e. The quantitative estimate of drug-likeness (QED) is 0.388. The van der Waals surface area contributed by atoms with Gasteiger partial charge in [0.2, 0.25) is 0 Å². The van der Waals surface area contributed by atoms with Crippen molar-refractivity contribution in [2.75, 3.05) is 13.2 Å². The van der Waals surface area contributed by atoms with Gasteiger partial charge in [-0.3, -0.25) is 4.79 Å². The fraction of sp³-hybridized carbons (Fsp3) is 0.667. The SMILES string of the molecule is CC1(C)[C@@H]2CC[C@H](CCOC(=O)CCCOc3ccc(Cl)cc3Cl)[C@@H]1C2. The minimum absolute atomic E-state index is 0.141. The van der Waals surface area contributed by atoms with Gasteiger partial charge in [0.1, 0.15) is 5.75 Å². The van der Waals surface area contributed by atoms with E-state index in [1.807, 2.05) is 0 Å². The molecule has 5 heteroatoms. The summed E-state index contributed by atoms with van der Waals surface area (Å²) in [5.41, 5.74) is 0.493. The minimum atomic E-state index is -0.141. The third kappa shape index (κ3) is 4.48. The van der Waals surface area contributed by atoms with Gasteiger partial charge in [0.15, 0.2) is 0 Å². The number of hydrogen-bond donors (Lipinski definition) is 0. The number of carbonyl (C=O) groups excluding carboxylic acids is 1. The summed E-state index contributed by atoms with van der Waals surface area (Å²) in [6.45, 7) is 5.77. The molecule has 3 saturated carbocycles. The van der Waals surface area contributed by atoms with Gasteiger partial charge in [-0.1, -0.05) is 37.0 Å². The predicted molar refractivity (Wildman–Crippen MR) is 105 cm³/mol. The maximum absolute atomic E-state index is 11.9. The molecular formula is C21H28Cl2O3. The van der Waals surface area contributed by atoms with E-state index in [1.165, 1.54) is 19.3 Å². The van der Waals surface area contributed by atoms with E-state index in [9.17, 15) is 4.79 Å². The van der Waals surface area contributed by atoms with Crippen LogP contribution in [0.15, 0.2) is 18.2 Å². The first kappa shape index (κ1) is 19.8. The molecule has 0 radical (unpaired) electrons. The molecule has 0 spiro atoms. The second-order valence-corrected chi connectivity index (χ2v) is 9.08. The van der Waals surface area contributed by atoms with E-state index in [0.29, 0.717) is 47.3 Å². The Labute approximate surface area is 166 Å². The molecular weight excluding hydrogens is 371 g/mol. The van der Waals surface area contributed by atoms with Gasteiger partial charge >= 0.3 is 5.97 Å². The van der Waals surface area contributed by atoms with Crippen molar-refractivity contribution in [2.24, 2.45) is 23.2 Å². The first-order chi connectivity index (χ1) is 12.4. The van der Waals surface area contributed by atoms with E-state index in [4.69, 9.17) is 32.7 Å². The number of rotatable bonds is 8. The summed E-state index contributed by atoms with van der Waals surface area (Å²) in [5, 5.41) is 1.05. The Kier molecular flexibility index (Phi) is 6.40. The molecule has 2 bridgehead atoms. The molecule has 3 aliphatic carbocycles. The van der Waals surface area contributed by atoms with Crippen LogP contribution in [0.3, 0.4) is 0 Å².